The zero-order valence-electron chi connectivity index (χ0n) is 20.3. The summed E-state index contributed by atoms with van der Waals surface area (Å²) in [5.74, 6) is 0.306. The lowest BCUT2D eigenvalue weighted by molar-refractivity contribution is -0.115. The summed E-state index contributed by atoms with van der Waals surface area (Å²) in [4.78, 5) is 22.9. The summed E-state index contributed by atoms with van der Waals surface area (Å²) in [7, 11) is 1.62. The molecule has 2 aliphatic rings. The van der Waals surface area contributed by atoms with E-state index in [4.69, 9.17) is 9.47 Å². The van der Waals surface area contributed by atoms with Crippen LogP contribution in [0, 0.1) is 5.82 Å². The summed E-state index contributed by atoms with van der Waals surface area (Å²) in [5, 5.41) is 6.12. The number of carbonyl (C=O) groups excluding carboxylic acids is 1. The molecular formula is C27H28FN5O3. The van der Waals surface area contributed by atoms with Gasteiger partial charge in [-0.05, 0) is 61.7 Å². The van der Waals surface area contributed by atoms with Gasteiger partial charge in [0.1, 0.15) is 12.4 Å². The number of anilines is 5. The second kappa shape index (κ2) is 9.58. The highest BCUT2D eigenvalue weighted by Crippen LogP contribution is 2.57. The third-order valence-electron chi connectivity index (χ3n) is 6.46. The second-order valence-electron chi connectivity index (χ2n) is 9.19. The first-order chi connectivity index (χ1) is 17.4. The molecule has 1 aliphatic carbocycles. The molecule has 0 radical (unpaired) electrons. The quantitative estimate of drug-likeness (QED) is 0.320. The van der Waals surface area contributed by atoms with Crippen molar-refractivity contribution in [1.82, 2.24) is 9.97 Å². The Hall–Kier alpha value is -3.98. The van der Waals surface area contributed by atoms with Crippen molar-refractivity contribution in [2.24, 2.45) is 0 Å². The molecule has 1 aromatic heterocycles. The van der Waals surface area contributed by atoms with Crippen molar-refractivity contribution in [2.45, 2.75) is 25.2 Å². The van der Waals surface area contributed by atoms with Crippen LogP contribution in [-0.2, 0) is 14.9 Å². The monoisotopic (exact) mass is 489 g/mol. The van der Waals surface area contributed by atoms with Crippen LogP contribution >= 0.6 is 0 Å². The number of ether oxygens (including phenoxy) is 2. The summed E-state index contributed by atoms with van der Waals surface area (Å²) in [6.45, 7) is 7.16. The molecule has 5 rings (SSSR count). The molecule has 186 valence electrons. The number of benzene rings is 2. The van der Waals surface area contributed by atoms with Crippen LogP contribution in [0.4, 0.5) is 33.2 Å². The standard InChI is InChI=1S/C27H28FN5O3/c1-17(2)25(34)33-16-27(10-11-27)21-9-6-19(14-23(21)33)30-24-22(28)15-29-26(32-24)31-18-4-7-20(8-5-18)36-13-12-35-3/h4-9,14-15H,1,10-13,16H2,2-3H3,(H2,29,30,31,32). The maximum absolute atomic E-state index is 14.6. The van der Waals surface area contributed by atoms with Gasteiger partial charge in [0, 0.05) is 41.7 Å². The van der Waals surface area contributed by atoms with E-state index in [1.807, 2.05) is 42.5 Å². The molecule has 1 amide bonds. The van der Waals surface area contributed by atoms with Crippen LogP contribution in [0.15, 0.2) is 60.8 Å². The Balaban J connectivity index is 1.33. The highest BCUT2D eigenvalue weighted by Gasteiger charge is 2.53. The predicted octanol–water partition coefficient (Wildman–Crippen LogP) is 5.08. The number of aromatic nitrogens is 2. The summed E-state index contributed by atoms with van der Waals surface area (Å²) < 4.78 is 25.1. The van der Waals surface area contributed by atoms with Crippen LogP contribution in [0.25, 0.3) is 0 Å². The topological polar surface area (TPSA) is 88.6 Å². The van der Waals surface area contributed by atoms with E-state index in [9.17, 15) is 9.18 Å². The van der Waals surface area contributed by atoms with Crippen molar-refractivity contribution in [3.05, 3.63) is 72.2 Å². The Labute approximate surface area is 209 Å². The minimum absolute atomic E-state index is 0.0314. The lowest BCUT2D eigenvalue weighted by atomic mass is 9.98. The van der Waals surface area contributed by atoms with Gasteiger partial charge in [0.25, 0.3) is 5.91 Å². The van der Waals surface area contributed by atoms with Crippen molar-refractivity contribution in [2.75, 3.05) is 42.4 Å². The van der Waals surface area contributed by atoms with Gasteiger partial charge >= 0.3 is 0 Å². The maximum Gasteiger partial charge on any atom is 0.253 e. The highest BCUT2D eigenvalue weighted by molar-refractivity contribution is 6.07. The number of halogens is 1. The van der Waals surface area contributed by atoms with Gasteiger partial charge in [-0.1, -0.05) is 12.6 Å². The zero-order valence-corrected chi connectivity index (χ0v) is 20.3. The minimum Gasteiger partial charge on any atom is -0.491 e. The van der Waals surface area contributed by atoms with Crippen molar-refractivity contribution in [1.29, 1.82) is 0 Å². The van der Waals surface area contributed by atoms with Crippen LogP contribution in [-0.4, -0.2) is 42.7 Å². The van der Waals surface area contributed by atoms with Gasteiger partial charge in [-0.3, -0.25) is 4.79 Å². The summed E-state index contributed by atoms with van der Waals surface area (Å²) in [6, 6.07) is 13.1. The van der Waals surface area contributed by atoms with Crippen molar-refractivity contribution >= 4 is 34.7 Å². The Morgan fingerprint density at radius 3 is 2.58 bits per heavy atom. The van der Waals surface area contributed by atoms with E-state index in [-0.39, 0.29) is 23.1 Å². The first kappa shape index (κ1) is 23.7. The van der Waals surface area contributed by atoms with Crippen molar-refractivity contribution < 1.29 is 18.7 Å². The Morgan fingerprint density at radius 2 is 1.89 bits per heavy atom. The van der Waals surface area contributed by atoms with E-state index in [1.165, 1.54) is 0 Å². The molecule has 2 aromatic carbocycles. The van der Waals surface area contributed by atoms with Gasteiger partial charge in [0.2, 0.25) is 5.95 Å². The number of nitrogens with zero attached hydrogens (tertiary/aromatic N) is 3. The molecule has 9 heteroatoms. The van der Waals surface area contributed by atoms with Gasteiger partial charge in [-0.15, -0.1) is 0 Å². The van der Waals surface area contributed by atoms with Crippen molar-refractivity contribution in [3.8, 4) is 5.75 Å². The first-order valence-corrected chi connectivity index (χ1v) is 11.8. The van der Waals surface area contributed by atoms with Crippen LogP contribution in [0.3, 0.4) is 0 Å². The third-order valence-corrected chi connectivity index (χ3v) is 6.46. The second-order valence-corrected chi connectivity index (χ2v) is 9.19. The van der Waals surface area contributed by atoms with E-state index in [0.29, 0.717) is 36.8 Å². The van der Waals surface area contributed by atoms with Gasteiger partial charge in [0.05, 0.1) is 12.8 Å². The molecular weight excluding hydrogens is 461 g/mol. The first-order valence-electron chi connectivity index (χ1n) is 11.8. The predicted molar refractivity (Wildman–Crippen MR) is 137 cm³/mol. The van der Waals surface area contributed by atoms with Crippen LogP contribution < -0.4 is 20.3 Å². The van der Waals surface area contributed by atoms with E-state index in [2.05, 4.69) is 27.2 Å². The molecule has 8 nitrogen and oxygen atoms in total. The average molecular weight is 490 g/mol. The Bertz CT molecular complexity index is 1310. The number of nitrogens with one attached hydrogen (secondary N) is 2. The molecule has 3 aromatic rings. The number of amides is 1. The molecule has 1 fully saturated rings. The van der Waals surface area contributed by atoms with Crippen LogP contribution in [0.5, 0.6) is 5.75 Å². The molecule has 0 unspecified atom stereocenters. The van der Waals surface area contributed by atoms with Gasteiger partial charge in [0.15, 0.2) is 11.6 Å². The van der Waals surface area contributed by atoms with E-state index in [1.54, 1.807) is 18.9 Å². The number of fused-ring (bicyclic) bond motifs is 2. The Morgan fingerprint density at radius 1 is 1.14 bits per heavy atom. The molecule has 0 atom stereocenters. The molecule has 36 heavy (non-hydrogen) atoms. The number of hydrogen-bond donors (Lipinski definition) is 2. The molecule has 0 bridgehead atoms. The van der Waals surface area contributed by atoms with E-state index in [0.717, 1.165) is 36.0 Å². The lowest BCUT2D eigenvalue weighted by Crippen LogP contribution is -2.31. The molecule has 2 N–H and O–H groups in total. The van der Waals surface area contributed by atoms with Crippen LogP contribution in [0.2, 0.25) is 0 Å². The summed E-state index contributed by atoms with van der Waals surface area (Å²) in [5.41, 5.74) is 3.89. The average Bonchev–Trinajstić information content (AvgIpc) is 3.58. The van der Waals surface area contributed by atoms with Gasteiger partial charge in [-0.2, -0.15) is 4.98 Å². The highest BCUT2D eigenvalue weighted by atomic mass is 19.1. The molecule has 1 spiro atoms. The van der Waals surface area contributed by atoms with E-state index < -0.39 is 5.82 Å². The van der Waals surface area contributed by atoms with Crippen LogP contribution in [0.1, 0.15) is 25.3 Å². The SMILES string of the molecule is C=C(C)C(=O)N1CC2(CC2)c2ccc(Nc3nc(Nc4ccc(OCCOC)cc4)ncc3F)cc21. The molecule has 1 aliphatic heterocycles. The summed E-state index contributed by atoms with van der Waals surface area (Å²) in [6.07, 6.45) is 3.23. The lowest BCUT2D eigenvalue weighted by Gasteiger charge is -2.18. The number of methoxy groups -OCH3 is 1. The van der Waals surface area contributed by atoms with E-state index >= 15 is 0 Å². The third kappa shape index (κ3) is 4.74. The number of carbonyl (C=O) groups is 1. The normalized spacial score (nSPS) is 14.9. The molecule has 0 saturated heterocycles. The maximum atomic E-state index is 14.6. The van der Waals surface area contributed by atoms with Gasteiger partial charge < -0.3 is 25.0 Å². The smallest absolute Gasteiger partial charge is 0.253 e. The number of rotatable bonds is 9. The molecule has 1 saturated carbocycles. The van der Waals surface area contributed by atoms with Crippen molar-refractivity contribution in [3.63, 3.8) is 0 Å². The fourth-order valence-corrected chi connectivity index (χ4v) is 4.40. The minimum atomic E-state index is -0.587. The fraction of sp³-hybridized carbons (Fsp3) is 0.296. The largest absolute Gasteiger partial charge is 0.491 e. The zero-order chi connectivity index (χ0) is 25.3. The molecule has 2 heterocycles. The summed E-state index contributed by atoms with van der Waals surface area (Å²) >= 11 is 0. The Kier molecular flexibility index (Phi) is 6.32. The number of hydrogen-bond acceptors (Lipinski definition) is 7. The van der Waals surface area contributed by atoms with Gasteiger partial charge in [-0.25, -0.2) is 9.37 Å². The fourth-order valence-electron chi connectivity index (χ4n) is 4.40.